The van der Waals surface area contributed by atoms with Crippen LogP contribution in [-0.2, 0) is 6.54 Å². The van der Waals surface area contributed by atoms with Crippen LogP contribution < -0.4 is 15.4 Å². The van der Waals surface area contributed by atoms with Gasteiger partial charge < -0.3 is 15.4 Å². The molecule has 144 valence electrons. The molecule has 28 heavy (non-hydrogen) atoms. The molecule has 0 atom stereocenters. The fraction of sp³-hybridized carbons (Fsp3) is 0.150. The molecule has 2 N–H and O–H groups in total. The Balaban J connectivity index is 1.70. The van der Waals surface area contributed by atoms with Crippen molar-refractivity contribution in [1.82, 2.24) is 15.3 Å². The first kappa shape index (κ1) is 19.2. The van der Waals surface area contributed by atoms with Gasteiger partial charge in [-0.15, -0.1) is 0 Å². The lowest BCUT2D eigenvalue weighted by molar-refractivity contribution is 0.0945. The Kier molecular flexibility index (Phi) is 5.78. The van der Waals surface area contributed by atoms with Crippen LogP contribution in [0.5, 0.6) is 5.75 Å². The van der Waals surface area contributed by atoms with Gasteiger partial charge in [0, 0.05) is 24.0 Å². The minimum Gasteiger partial charge on any atom is -0.497 e. The van der Waals surface area contributed by atoms with Crippen LogP contribution in [0.1, 0.15) is 21.7 Å². The van der Waals surface area contributed by atoms with Crippen molar-refractivity contribution in [3.63, 3.8) is 0 Å². The maximum Gasteiger partial charge on any atom is 0.270 e. The number of hydrogen-bond acceptors (Lipinski definition) is 5. The number of hydrogen-bond donors (Lipinski definition) is 2. The van der Waals surface area contributed by atoms with Crippen LogP contribution in [0, 0.1) is 18.6 Å². The van der Waals surface area contributed by atoms with Gasteiger partial charge in [-0.1, -0.05) is 12.1 Å². The SMILES string of the molecule is COc1ccc(CNC(=O)c2cc(C)nc(Nc3ccc(F)c(F)c3)n2)cc1. The molecule has 1 heterocycles. The Hall–Kier alpha value is -3.55. The van der Waals surface area contributed by atoms with Crippen LogP contribution in [0.2, 0.25) is 0 Å². The normalized spacial score (nSPS) is 10.4. The van der Waals surface area contributed by atoms with Gasteiger partial charge in [-0.2, -0.15) is 0 Å². The molecule has 0 aliphatic rings. The van der Waals surface area contributed by atoms with Gasteiger partial charge >= 0.3 is 0 Å². The summed E-state index contributed by atoms with van der Waals surface area (Å²) in [4.78, 5) is 20.8. The van der Waals surface area contributed by atoms with Crippen molar-refractivity contribution < 1.29 is 18.3 Å². The van der Waals surface area contributed by atoms with Crippen molar-refractivity contribution >= 4 is 17.5 Å². The van der Waals surface area contributed by atoms with E-state index in [1.165, 1.54) is 6.07 Å². The van der Waals surface area contributed by atoms with Crippen LogP contribution >= 0.6 is 0 Å². The molecule has 2 aromatic carbocycles. The number of amides is 1. The highest BCUT2D eigenvalue weighted by atomic mass is 19.2. The molecule has 0 aliphatic carbocycles. The Morgan fingerprint density at radius 3 is 2.46 bits per heavy atom. The molecule has 0 saturated heterocycles. The molecule has 0 aliphatic heterocycles. The molecule has 6 nitrogen and oxygen atoms in total. The predicted octanol–water partition coefficient (Wildman–Crippen LogP) is 3.75. The van der Waals surface area contributed by atoms with Crippen LogP contribution in [0.15, 0.2) is 48.5 Å². The number of aromatic nitrogens is 2. The van der Waals surface area contributed by atoms with E-state index in [1.807, 2.05) is 12.1 Å². The number of carbonyl (C=O) groups excluding carboxylic acids is 1. The van der Waals surface area contributed by atoms with E-state index < -0.39 is 11.6 Å². The van der Waals surface area contributed by atoms with E-state index in [1.54, 1.807) is 32.2 Å². The zero-order chi connectivity index (χ0) is 20.1. The minimum atomic E-state index is -0.991. The first-order valence-electron chi connectivity index (χ1n) is 8.43. The van der Waals surface area contributed by atoms with Crippen molar-refractivity contribution in [3.05, 3.63) is 77.1 Å². The molecular weight excluding hydrogens is 366 g/mol. The Morgan fingerprint density at radius 2 is 1.79 bits per heavy atom. The van der Waals surface area contributed by atoms with E-state index in [4.69, 9.17) is 4.74 Å². The third kappa shape index (κ3) is 4.79. The number of ether oxygens (including phenoxy) is 1. The second kappa shape index (κ2) is 8.43. The number of halogens is 2. The zero-order valence-corrected chi connectivity index (χ0v) is 15.3. The van der Waals surface area contributed by atoms with E-state index in [9.17, 15) is 13.6 Å². The van der Waals surface area contributed by atoms with Crippen LogP contribution in [-0.4, -0.2) is 23.0 Å². The van der Waals surface area contributed by atoms with Gasteiger partial charge in [-0.05, 0) is 42.8 Å². The summed E-state index contributed by atoms with van der Waals surface area (Å²) in [6.45, 7) is 2.02. The lowest BCUT2D eigenvalue weighted by atomic mass is 10.2. The number of anilines is 2. The number of rotatable bonds is 6. The summed E-state index contributed by atoms with van der Waals surface area (Å²) in [7, 11) is 1.58. The first-order chi connectivity index (χ1) is 13.4. The largest absolute Gasteiger partial charge is 0.497 e. The molecule has 0 fully saturated rings. The van der Waals surface area contributed by atoms with Crippen molar-refractivity contribution in [2.45, 2.75) is 13.5 Å². The zero-order valence-electron chi connectivity index (χ0n) is 15.3. The molecule has 8 heteroatoms. The summed E-state index contributed by atoms with van der Waals surface area (Å²) in [6, 6.07) is 12.2. The second-order valence-electron chi connectivity index (χ2n) is 6.00. The first-order valence-corrected chi connectivity index (χ1v) is 8.43. The standard InChI is InChI=1S/C20H18F2N4O2/c1-12-9-18(19(27)23-11-13-3-6-15(28-2)7-4-13)26-20(24-12)25-14-5-8-16(21)17(22)10-14/h3-10H,11H2,1-2H3,(H,23,27)(H,24,25,26). The van der Waals surface area contributed by atoms with E-state index in [-0.39, 0.29) is 23.2 Å². The highest BCUT2D eigenvalue weighted by molar-refractivity contribution is 5.92. The summed E-state index contributed by atoms with van der Waals surface area (Å²) in [5.41, 5.74) is 1.88. The lowest BCUT2D eigenvalue weighted by Crippen LogP contribution is -2.24. The average Bonchev–Trinajstić information content (AvgIpc) is 2.69. The topological polar surface area (TPSA) is 76.1 Å². The number of methoxy groups -OCH3 is 1. The molecule has 0 spiro atoms. The summed E-state index contributed by atoms with van der Waals surface area (Å²) in [5, 5.41) is 5.55. The van der Waals surface area contributed by atoms with E-state index in [0.29, 0.717) is 12.2 Å². The summed E-state index contributed by atoms with van der Waals surface area (Å²) in [6.07, 6.45) is 0. The van der Waals surface area contributed by atoms with Crippen LogP contribution in [0.4, 0.5) is 20.4 Å². The summed E-state index contributed by atoms with van der Waals surface area (Å²) in [5.74, 6) is -1.48. The van der Waals surface area contributed by atoms with E-state index in [2.05, 4.69) is 20.6 Å². The van der Waals surface area contributed by atoms with Gasteiger partial charge in [0.25, 0.3) is 5.91 Å². The Bertz CT molecular complexity index is 994. The molecule has 3 rings (SSSR count). The highest BCUT2D eigenvalue weighted by Crippen LogP contribution is 2.17. The minimum absolute atomic E-state index is 0.112. The highest BCUT2D eigenvalue weighted by Gasteiger charge is 2.11. The predicted molar refractivity (Wildman–Crippen MR) is 101 cm³/mol. The average molecular weight is 384 g/mol. The fourth-order valence-corrected chi connectivity index (χ4v) is 2.46. The number of nitrogens with one attached hydrogen (secondary N) is 2. The quantitative estimate of drug-likeness (QED) is 0.677. The van der Waals surface area contributed by atoms with Gasteiger partial charge in [0.15, 0.2) is 11.6 Å². The molecule has 0 radical (unpaired) electrons. The van der Waals surface area contributed by atoms with Gasteiger partial charge in [0.05, 0.1) is 7.11 Å². The Labute approximate surface area is 160 Å². The number of carbonyl (C=O) groups is 1. The lowest BCUT2D eigenvalue weighted by Gasteiger charge is -2.09. The fourth-order valence-electron chi connectivity index (χ4n) is 2.46. The van der Waals surface area contributed by atoms with E-state index >= 15 is 0 Å². The van der Waals surface area contributed by atoms with Gasteiger partial charge in [0.2, 0.25) is 5.95 Å². The van der Waals surface area contributed by atoms with Crippen LogP contribution in [0.25, 0.3) is 0 Å². The molecule has 1 aromatic heterocycles. The van der Waals surface area contributed by atoms with Crippen molar-refractivity contribution in [1.29, 1.82) is 0 Å². The summed E-state index contributed by atoms with van der Waals surface area (Å²) >= 11 is 0. The third-order valence-electron chi connectivity index (χ3n) is 3.87. The van der Waals surface area contributed by atoms with Gasteiger partial charge in [-0.25, -0.2) is 18.7 Å². The maximum atomic E-state index is 13.4. The van der Waals surface area contributed by atoms with Crippen molar-refractivity contribution in [2.75, 3.05) is 12.4 Å². The smallest absolute Gasteiger partial charge is 0.270 e. The second-order valence-corrected chi connectivity index (χ2v) is 6.00. The molecule has 0 saturated carbocycles. The monoisotopic (exact) mass is 384 g/mol. The van der Waals surface area contributed by atoms with Crippen LogP contribution in [0.3, 0.4) is 0 Å². The number of nitrogens with zero attached hydrogens (tertiary/aromatic N) is 2. The number of benzene rings is 2. The van der Waals surface area contributed by atoms with E-state index in [0.717, 1.165) is 23.4 Å². The molecule has 3 aromatic rings. The van der Waals surface area contributed by atoms with Gasteiger partial charge in [0.1, 0.15) is 11.4 Å². The van der Waals surface area contributed by atoms with Crippen molar-refractivity contribution in [3.8, 4) is 5.75 Å². The third-order valence-corrected chi connectivity index (χ3v) is 3.87. The summed E-state index contributed by atoms with van der Waals surface area (Å²) < 4.78 is 31.5. The van der Waals surface area contributed by atoms with Crippen molar-refractivity contribution in [2.24, 2.45) is 0 Å². The molecule has 1 amide bonds. The molecule has 0 unspecified atom stereocenters. The Morgan fingerprint density at radius 1 is 1.04 bits per heavy atom. The molecular formula is C20H18F2N4O2. The number of aryl methyl sites for hydroxylation is 1. The molecule has 0 bridgehead atoms. The van der Waals surface area contributed by atoms with Gasteiger partial charge in [-0.3, -0.25) is 4.79 Å². The maximum absolute atomic E-state index is 13.4.